The van der Waals surface area contributed by atoms with Gasteiger partial charge in [-0.2, -0.15) is 5.10 Å². The summed E-state index contributed by atoms with van der Waals surface area (Å²) in [7, 11) is 0. The Hall–Kier alpha value is -4.00. The molecule has 3 aromatic rings. The molecule has 2 fully saturated rings. The fraction of sp³-hybridized carbons (Fsp3) is 0.412. The minimum Gasteiger partial charge on any atom is -0.465 e. The fourth-order valence-corrected chi connectivity index (χ4v) is 5.80. The van der Waals surface area contributed by atoms with E-state index >= 15 is 0 Å². The number of ether oxygens (including phenoxy) is 1. The van der Waals surface area contributed by atoms with Crippen LogP contribution in [0.5, 0.6) is 0 Å². The molecule has 0 bridgehead atoms. The summed E-state index contributed by atoms with van der Waals surface area (Å²) >= 11 is 0. The molecule has 214 valence electrons. The molecular weight excluding hydrogens is 514 g/mol. The predicted molar refractivity (Wildman–Crippen MR) is 159 cm³/mol. The molecular formula is C34H39N3O4. The highest BCUT2D eigenvalue weighted by Crippen LogP contribution is 2.48. The number of benzene rings is 2. The Labute approximate surface area is 241 Å². The normalized spacial score (nSPS) is 16.9. The third kappa shape index (κ3) is 7.02. The van der Waals surface area contributed by atoms with Crippen LogP contribution in [0.4, 0.5) is 0 Å². The summed E-state index contributed by atoms with van der Waals surface area (Å²) in [6.07, 6.45) is 10.7. The molecule has 1 amide bonds. The van der Waals surface area contributed by atoms with Crippen LogP contribution < -0.4 is 10.9 Å². The van der Waals surface area contributed by atoms with Gasteiger partial charge in [-0.1, -0.05) is 79.6 Å². The van der Waals surface area contributed by atoms with Gasteiger partial charge in [0.2, 0.25) is 5.91 Å². The summed E-state index contributed by atoms with van der Waals surface area (Å²) < 4.78 is 6.68. The van der Waals surface area contributed by atoms with Crippen LogP contribution in [0, 0.1) is 11.3 Å². The first-order valence-corrected chi connectivity index (χ1v) is 14.8. The Bertz CT molecular complexity index is 1420. The Morgan fingerprint density at radius 3 is 2.46 bits per heavy atom. The Morgan fingerprint density at radius 2 is 1.78 bits per heavy atom. The van der Waals surface area contributed by atoms with Crippen molar-refractivity contribution >= 4 is 11.9 Å². The number of esters is 1. The van der Waals surface area contributed by atoms with Crippen molar-refractivity contribution in [1.82, 2.24) is 15.1 Å². The molecule has 0 saturated heterocycles. The summed E-state index contributed by atoms with van der Waals surface area (Å²) in [4.78, 5) is 38.1. The lowest BCUT2D eigenvalue weighted by Crippen LogP contribution is -2.33. The molecule has 7 nitrogen and oxygen atoms in total. The number of carbonyl (C=O) groups is 2. The zero-order valence-electron chi connectivity index (χ0n) is 23.8. The Balaban J connectivity index is 1.22. The largest absolute Gasteiger partial charge is 0.465 e. The van der Waals surface area contributed by atoms with E-state index in [0.29, 0.717) is 32.0 Å². The third-order valence-electron chi connectivity index (χ3n) is 8.28. The average Bonchev–Trinajstić information content (AvgIpc) is 3.60. The van der Waals surface area contributed by atoms with Crippen LogP contribution in [0.2, 0.25) is 0 Å². The number of hydrogen-bond donors (Lipinski definition) is 1. The quantitative estimate of drug-likeness (QED) is 0.178. The van der Waals surface area contributed by atoms with E-state index in [0.717, 1.165) is 60.9 Å². The van der Waals surface area contributed by atoms with Gasteiger partial charge in [0.05, 0.1) is 30.2 Å². The molecule has 41 heavy (non-hydrogen) atoms. The van der Waals surface area contributed by atoms with Gasteiger partial charge in [-0.3, -0.25) is 14.4 Å². The molecule has 2 aromatic carbocycles. The molecule has 5 rings (SSSR count). The number of amides is 1. The highest BCUT2D eigenvalue weighted by Gasteiger charge is 2.48. The molecule has 1 atom stereocenters. The molecule has 0 aliphatic heterocycles. The highest BCUT2D eigenvalue weighted by atomic mass is 16.5. The van der Waals surface area contributed by atoms with E-state index in [1.54, 1.807) is 12.1 Å². The number of carbonyl (C=O) groups excluding carboxylic acids is 2. The molecule has 0 spiro atoms. The van der Waals surface area contributed by atoms with Crippen LogP contribution in [0.15, 0.2) is 83.7 Å². The molecule has 2 aliphatic rings. The van der Waals surface area contributed by atoms with E-state index in [9.17, 15) is 14.4 Å². The van der Waals surface area contributed by atoms with E-state index in [1.165, 1.54) is 4.68 Å². The van der Waals surface area contributed by atoms with Crippen molar-refractivity contribution in [3.05, 3.63) is 100 Å². The number of hydrogen-bond acceptors (Lipinski definition) is 5. The lowest BCUT2D eigenvalue weighted by atomic mass is 9.83. The fourth-order valence-electron chi connectivity index (χ4n) is 5.80. The van der Waals surface area contributed by atoms with Crippen molar-refractivity contribution in [2.75, 3.05) is 13.2 Å². The molecule has 7 heteroatoms. The standard InChI is InChI=1S/C34H39N3O4/c1-2-41-33(40)34(21-22-34)20-8-9-23-35-32(39)31(27-12-6-7-13-27)28-16-14-25(15-17-28)24-37-30(38)19-18-29(36-37)26-10-4-3-5-11-26/h3-5,8,10-11,14-20,27,31H,2,6-7,9,12-13,21-24H2,1H3,(H,35,39). The molecule has 1 heterocycles. The first-order chi connectivity index (χ1) is 20.0. The summed E-state index contributed by atoms with van der Waals surface area (Å²) in [5.74, 6) is 0.0292. The van der Waals surface area contributed by atoms with Crippen molar-refractivity contribution in [3.63, 3.8) is 0 Å². The first-order valence-electron chi connectivity index (χ1n) is 14.8. The topological polar surface area (TPSA) is 90.3 Å². The number of nitrogens with one attached hydrogen (secondary N) is 1. The van der Waals surface area contributed by atoms with Crippen LogP contribution in [0.25, 0.3) is 11.3 Å². The van der Waals surface area contributed by atoms with Crippen molar-refractivity contribution < 1.29 is 14.3 Å². The van der Waals surface area contributed by atoms with Gasteiger partial charge >= 0.3 is 5.97 Å². The highest BCUT2D eigenvalue weighted by molar-refractivity contribution is 5.84. The molecule has 1 aromatic heterocycles. The third-order valence-corrected chi connectivity index (χ3v) is 8.28. The maximum absolute atomic E-state index is 13.4. The molecule has 2 aliphatic carbocycles. The van der Waals surface area contributed by atoms with E-state index in [2.05, 4.69) is 10.4 Å². The average molecular weight is 554 g/mol. The maximum Gasteiger partial charge on any atom is 0.315 e. The van der Waals surface area contributed by atoms with Gasteiger partial charge in [0.1, 0.15) is 0 Å². The second kappa shape index (κ2) is 13.1. The number of rotatable bonds is 12. The van der Waals surface area contributed by atoms with Gasteiger partial charge in [0.25, 0.3) is 5.56 Å². The molecule has 0 radical (unpaired) electrons. The van der Waals surface area contributed by atoms with E-state index in [-0.39, 0.29) is 23.4 Å². The second-order valence-electron chi connectivity index (χ2n) is 11.2. The van der Waals surface area contributed by atoms with E-state index in [1.807, 2.05) is 73.7 Å². The summed E-state index contributed by atoms with van der Waals surface area (Å²) in [6, 6.07) is 21.2. The van der Waals surface area contributed by atoms with Gasteiger partial charge in [0, 0.05) is 18.2 Å². The SMILES string of the molecule is CCOC(=O)C1(C=CCCNC(=O)C(c2ccc(Cn3nc(-c4ccccc4)ccc3=O)cc2)C2CCCC2)CC1. The monoisotopic (exact) mass is 553 g/mol. The zero-order chi connectivity index (χ0) is 28.7. The van der Waals surface area contributed by atoms with Crippen molar-refractivity contribution in [2.45, 2.75) is 64.3 Å². The summed E-state index contributed by atoms with van der Waals surface area (Å²) in [5.41, 5.74) is 3.08. The zero-order valence-corrected chi connectivity index (χ0v) is 23.8. The van der Waals surface area contributed by atoms with E-state index < -0.39 is 5.41 Å². The van der Waals surface area contributed by atoms with Crippen molar-refractivity contribution in [3.8, 4) is 11.3 Å². The number of nitrogens with zero attached hydrogens (tertiary/aromatic N) is 2. The minimum absolute atomic E-state index is 0.0537. The second-order valence-corrected chi connectivity index (χ2v) is 11.2. The van der Waals surface area contributed by atoms with Gasteiger partial charge in [-0.05, 0) is 62.1 Å². The van der Waals surface area contributed by atoms with Crippen LogP contribution in [0.1, 0.15) is 68.9 Å². The number of aromatic nitrogens is 2. The smallest absolute Gasteiger partial charge is 0.315 e. The Morgan fingerprint density at radius 1 is 1.05 bits per heavy atom. The lowest BCUT2D eigenvalue weighted by Gasteiger charge is -2.23. The van der Waals surface area contributed by atoms with E-state index in [4.69, 9.17) is 4.74 Å². The first kappa shape index (κ1) is 28.5. The van der Waals surface area contributed by atoms with Crippen LogP contribution in [-0.2, 0) is 20.9 Å². The van der Waals surface area contributed by atoms with Gasteiger partial charge in [-0.25, -0.2) is 4.68 Å². The predicted octanol–water partition coefficient (Wildman–Crippen LogP) is 5.64. The van der Waals surface area contributed by atoms with Crippen LogP contribution in [-0.4, -0.2) is 34.8 Å². The van der Waals surface area contributed by atoms with Crippen LogP contribution in [0.3, 0.4) is 0 Å². The van der Waals surface area contributed by atoms with Gasteiger partial charge in [-0.15, -0.1) is 0 Å². The molecule has 1 N–H and O–H groups in total. The molecule has 1 unspecified atom stereocenters. The minimum atomic E-state index is -0.447. The maximum atomic E-state index is 13.4. The summed E-state index contributed by atoms with van der Waals surface area (Å²) in [6.45, 7) is 3.11. The van der Waals surface area contributed by atoms with Gasteiger partial charge < -0.3 is 10.1 Å². The molecule has 2 saturated carbocycles. The van der Waals surface area contributed by atoms with Crippen molar-refractivity contribution in [2.24, 2.45) is 11.3 Å². The van der Waals surface area contributed by atoms with Gasteiger partial charge in [0.15, 0.2) is 0 Å². The Kier molecular flexibility index (Phi) is 9.12. The van der Waals surface area contributed by atoms with Crippen molar-refractivity contribution in [1.29, 1.82) is 0 Å². The summed E-state index contributed by atoms with van der Waals surface area (Å²) in [5, 5.41) is 7.72. The van der Waals surface area contributed by atoms with Crippen LogP contribution >= 0.6 is 0 Å². The lowest BCUT2D eigenvalue weighted by molar-refractivity contribution is -0.147.